The third-order valence-corrected chi connectivity index (χ3v) is 11.5. The van der Waals surface area contributed by atoms with E-state index >= 15 is 0 Å². The first kappa shape index (κ1) is 53.6. The van der Waals surface area contributed by atoms with Crippen molar-refractivity contribution in [3.63, 3.8) is 0 Å². The van der Waals surface area contributed by atoms with E-state index in [0.717, 1.165) is 56.9 Å². The highest BCUT2D eigenvalue weighted by Gasteiger charge is 2.29. The molecule has 3 saturated heterocycles. The number of nitrogens with zero attached hydrogens (tertiary/aromatic N) is 5. The molecule has 1 aliphatic carbocycles. The van der Waals surface area contributed by atoms with E-state index in [1.54, 1.807) is 23.1 Å². The minimum Gasteiger partial charge on any atom is -0.462 e. The van der Waals surface area contributed by atoms with Crippen LogP contribution in [0, 0.1) is 20.2 Å². The molecule has 1 saturated carbocycles. The van der Waals surface area contributed by atoms with Crippen molar-refractivity contribution in [1.82, 2.24) is 9.80 Å². The summed E-state index contributed by atoms with van der Waals surface area (Å²) in [6.07, 6.45) is 14.0. The van der Waals surface area contributed by atoms with E-state index in [0.29, 0.717) is 18.8 Å². The van der Waals surface area contributed by atoms with Crippen LogP contribution in [0.15, 0.2) is 66.7 Å². The van der Waals surface area contributed by atoms with Gasteiger partial charge in [0.2, 0.25) is 6.41 Å². The van der Waals surface area contributed by atoms with Crippen molar-refractivity contribution < 1.29 is 33.7 Å². The first-order valence-electron chi connectivity index (χ1n) is 22.9. The van der Waals surface area contributed by atoms with Gasteiger partial charge in [-0.25, -0.2) is 4.79 Å². The molecule has 16 heteroatoms. The molecule has 2 amide bonds. The fourth-order valence-electron chi connectivity index (χ4n) is 7.99. The van der Waals surface area contributed by atoms with Gasteiger partial charge in [-0.2, -0.15) is 0 Å². The average molecular weight is 904 g/mol. The smallest absolute Gasteiger partial charge is 0.410 e. The number of amides is 2. The van der Waals surface area contributed by atoms with E-state index in [1.807, 2.05) is 47.6 Å². The number of para-hydroxylation sites is 2. The number of ether oxygens (including phenoxy) is 2. The van der Waals surface area contributed by atoms with Gasteiger partial charge in [0.25, 0.3) is 17.8 Å². The number of nitrogens with one attached hydrogen (secondary N) is 1. The molecule has 0 aromatic heterocycles. The standard InChI is InChI=1S/C22H27N3O2.C9H17NO2.C7H6N2O3.C6H13N.C5H10O2/c23-20-13-10-18(15-22(20)25(26)27)21-7-4-14-24(21)19-11-8-17(9-12-19)16-5-2-1-3-6-16;1-9(2,3)12-8(11)10-6-4-5-7-10;10-5-8-6-3-1-2-4-7(6)9(11)12;1-6-4-3-5-7(6)2;1-5(2,3)7-4-6/h8-13,15-16,21H,1-7,14,23H2;4-7H2,1-3H3;1-5H,(H,8,10);6H,3-5H2,1-2H3;4H,1-3H3. The second-order valence-electron chi connectivity index (χ2n) is 18.9. The maximum Gasteiger partial charge on any atom is 0.410 e. The molecule has 3 heterocycles. The summed E-state index contributed by atoms with van der Waals surface area (Å²) in [5.41, 5.74) is 9.06. The topological polar surface area (TPSA) is 204 Å². The fraction of sp³-hybridized carbons (Fsp3) is 0.571. The van der Waals surface area contributed by atoms with Crippen molar-refractivity contribution in [2.75, 3.05) is 49.2 Å². The highest BCUT2D eigenvalue weighted by molar-refractivity contribution is 5.77. The van der Waals surface area contributed by atoms with Gasteiger partial charge in [0, 0.05) is 43.5 Å². The summed E-state index contributed by atoms with van der Waals surface area (Å²) >= 11 is 0. The van der Waals surface area contributed by atoms with Crippen molar-refractivity contribution >= 4 is 47.4 Å². The van der Waals surface area contributed by atoms with Crippen molar-refractivity contribution in [3.8, 4) is 0 Å². The number of nitro benzene ring substituents is 2. The van der Waals surface area contributed by atoms with Crippen LogP contribution < -0.4 is 16.0 Å². The molecule has 0 radical (unpaired) electrons. The summed E-state index contributed by atoms with van der Waals surface area (Å²) in [5.74, 6) is 0.710. The number of hydrogen-bond acceptors (Lipinski definition) is 12. The van der Waals surface area contributed by atoms with Crippen LogP contribution in [-0.2, 0) is 19.1 Å². The number of hydrogen-bond donors (Lipinski definition) is 2. The van der Waals surface area contributed by atoms with Crippen LogP contribution in [0.3, 0.4) is 0 Å². The molecule has 4 aliphatic rings. The molecule has 3 aromatic carbocycles. The Labute approximate surface area is 385 Å². The highest BCUT2D eigenvalue weighted by atomic mass is 16.6. The van der Waals surface area contributed by atoms with Crippen molar-refractivity contribution in [3.05, 3.63) is 98.1 Å². The summed E-state index contributed by atoms with van der Waals surface area (Å²) in [6, 6.07) is 21.2. The normalized spacial score (nSPS) is 18.5. The maximum atomic E-state index is 11.4. The lowest BCUT2D eigenvalue weighted by Gasteiger charge is -2.28. The predicted octanol–water partition coefficient (Wildman–Crippen LogP) is 10.8. The Hall–Kier alpha value is -5.77. The number of anilines is 3. The number of nitrogen functional groups attached to an aromatic ring is 1. The Balaban J connectivity index is 0.000000246. The van der Waals surface area contributed by atoms with E-state index < -0.39 is 9.85 Å². The molecule has 358 valence electrons. The lowest BCUT2D eigenvalue weighted by Crippen LogP contribution is -2.34. The molecule has 3 N–H and O–H groups in total. The largest absolute Gasteiger partial charge is 0.462 e. The van der Waals surface area contributed by atoms with Gasteiger partial charge < -0.3 is 35.2 Å². The Morgan fingerprint density at radius 1 is 0.738 bits per heavy atom. The molecule has 0 spiro atoms. The Morgan fingerprint density at radius 2 is 1.34 bits per heavy atom. The van der Waals surface area contributed by atoms with Gasteiger partial charge in [0.05, 0.1) is 15.9 Å². The maximum absolute atomic E-state index is 11.4. The Kier molecular flexibility index (Phi) is 21.6. The number of rotatable bonds is 8. The zero-order valence-electron chi connectivity index (χ0n) is 39.8. The van der Waals surface area contributed by atoms with Gasteiger partial charge in [-0.05, 0) is 155 Å². The first-order chi connectivity index (χ1) is 30.7. The van der Waals surface area contributed by atoms with Gasteiger partial charge in [0.1, 0.15) is 22.6 Å². The summed E-state index contributed by atoms with van der Waals surface area (Å²) in [4.78, 5) is 58.2. The summed E-state index contributed by atoms with van der Waals surface area (Å²) in [7, 11) is 2.19. The average Bonchev–Trinajstić information content (AvgIpc) is 4.06. The molecule has 4 fully saturated rings. The van der Waals surface area contributed by atoms with Crippen LogP contribution >= 0.6 is 0 Å². The predicted molar refractivity (Wildman–Crippen MR) is 257 cm³/mol. The van der Waals surface area contributed by atoms with Gasteiger partial charge in [-0.1, -0.05) is 49.6 Å². The number of nitrogens with two attached hydrogens (primary N) is 1. The molecule has 3 aromatic rings. The van der Waals surface area contributed by atoms with E-state index in [2.05, 4.69) is 58.1 Å². The van der Waals surface area contributed by atoms with Crippen LogP contribution in [0.2, 0.25) is 0 Å². The third-order valence-electron chi connectivity index (χ3n) is 11.5. The van der Waals surface area contributed by atoms with Crippen molar-refractivity contribution in [1.29, 1.82) is 0 Å². The molecule has 16 nitrogen and oxygen atoms in total. The summed E-state index contributed by atoms with van der Waals surface area (Å²) in [6.45, 7) is 17.9. The quantitative estimate of drug-likeness (QED) is 0.0938. The molecule has 0 bridgehead atoms. The van der Waals surface area contributed by atoms with Crippen LogP contribution in [0.25, 0.3) is 0 Å². The molecule has 7 rings (SSSR count). The highest BCUT2D eigenvalue weighted by Crippen LogP contribution is 2.40. The van der Waals surface area contributed by atoms with Crippen LogP contribution in [0.4, 0.5) is 33.2 Å². The summed E-state index contributed by atoms with van der Waals surface area (Å²) < 4.78 is 9.76. The molecule has 65 heavy (non-hydrogen) atoms. The minimum atomic E-state index is -0.550. The van der Waals surface area contributed by atoms with Gasteiger partial charge >= 0.3 is 6.09 Å². The Morgan fingerprint density at radius 3 is 1.83 bits per heavy atom. The zero-order valence-corrected chi connectivity index (χ0v) is 39.8. The van der Waals surface area contributed by atoms with Crippen LogP contribution in [0.1, 0.15) is 142 Å². The minimum absolute atomic E-state index is 0.00648. The zero-order chi connectivity index (χ0) is 48.2. The molecular weight excluding hydrogens is 831 g/mol. The van der Waals surface area contributed by atoms with E-state index in [4.69, 9.17) is 10.5 Å². The Bertz CT molecular complexity index is 1950. The number of benzene rings is 3. The fourth-order valence-corrected chi connectivity index (χ4v) is 7.99. The lowest BCUT2D eigenvalue weighted by molar-refractivity contribution is -0.384. The SMILES string of the molecule is CC(C)(C)OC(=O)N1CCCC1.CC(C)(C)OC=O.CC1CCCN1C.Nc1ccc(C2CCCN2c2ccc(C3CCCCC3)cc2)cc1[N+](=O)[O-].O=CNc1ccccc1[N+](=O)[O-]. The van der Waals surface area contributed by atoms with Crippen molar-refractivity contribution in [2.24, 2.45) is 0 Å². The molecule has 3 aliphatic heterocycles. The van der Waals surface area contributed by atoms with Crippen molar-refractivity contribution in [2.45, 2.75) is 148 Å². The van der Waals surface area contributed by atoms with Gasteiger partial charge in [-0.15, -0.1) is 0 Å². The molecule has 2 unspecified atom stereocenters. The second kappa shape index (κ2) is 26.3. The van der Waals surface area contributed by atoms with E-state index in [1.165, 1.54) is 80.9 Å². The monoisotopic (exact) mass is 904 g/mol. The van der Waals surface area contributed by atoms with E-state index in [9.17, 15) is 34.6 Å². The number of likely N-dealkylation sites (tertiary alicyclic amines) is 2. The second-order valence-corrected chi connectivity index (χ2v) is 18.9. The number of carbonyl (C=O) groups is 3. The molecular formula is C49H73N7O9. The van der Waals surface area contributed by atoms with E-state index in [-0.39, 0.29) is 46.1 Å². The van der Waals surface area contributed by atoms with Gasteiger partial charge in [0.15, 0.2) is 0 Å². The third kappa shape index (κ3) is 18.7. The lowest BCUT2D eigenvalue weighted by atomic mass is 9.84. The van der Waals surface area contributed by atoms with Gasteiger partial charge in [-0.3, -0.25) is 29.8 Å². The van der Waals surface area contributed by atoms with Crippen LogP contribution in [0.5, 0.6) is 0 Å². The summed E-state index contributed by atoms with van der Waals surface area (Å²) in [5, 5.41) is 23.8. The first-order valence-corrected chi connectivity index (χ1v) is 22.9. The number of carbonyl (C=O) groups excluding carboxylic acids is 3. The molecule has 2 atom stereocenters. The van der Waals surface area contributed by atoms with Crippen LogP contribution in [-0.4, -0.2) is 89.1 Å². The number of nitro groups is 2.